The highest BCUT2D eigenvalue weighted by Crippen LogP contribution is 2.01. The molecule has 0 aliphatic rings. The number of hydrogen-bond donors (Lipinski definition) is 3. The first-order valence-corrected chi connectivity index (χ1v) is 12.2. The predicted octanol–water partition coefficient (Wildman–Crippen LogP) is 1.85. The van der Waals surface area contributed by atoms with E-state index in [1.165, 1.54) is 6.08 Å². The maximum absolute atomic E-state index is 11.5. The van der Waals surface area contributed by atoms with Crippen molar-refractivity contribution < 1.29 is 43.1 Å². The number of alkyl carbamates (subject to hydrolysis) is 2. The summed E-state index contributed by atoms with van der Waals surface area (Å²) in [6.45, 7) is 4.17. The fraction of sp³-hybridized carbons (Fsp3) is 0.818. The summed E-state index contributed by atoms with van der Waals surface area (Å²) < 4.78 is 31.2. The Bertz CT molecular complexity index is 499. The average molecular weight is 513 g/mol. The molecule has 0 aromatic carbocycles. The Morgan fingerprint density at radius 3 is 1.79 bits per heavy atom. The number of ether oxygens (including phenoxy) is 6. The molecule has 11 nitrogen and oxygen atoms in total. The van der Waals surface area contributed by atoms with Gasteiger partial charge in [-0.1, -0.05) is 18.9 Å². The van der Waals surface area contributed by atoms with Crippen LogP contribution in [-0.2, 0) is 28.4 Å². The molecule has 0 heterocycles. The van der Waals surface area contributed by atoms with Gasteiger partial charge >= 0.3 is 12.2 Å². The predicted molar refractivity (Wildman–Crippen MR) is 127 cm³/mol. The van der Waals surface area contributed by atoms with Crippen molar-refractivity contribution in [2.45, 2.75) is 25.7 Å². The molecule has 0 aromatic heterocycles. The van der Waals surface area contributed by atoms with E-state index in [-0.39, 0.29) is 26.4 Å². The zero-order chi connectivity index (χ0) is 25.0. The van der Waals surface area contributed by atoms with Crippen LogP contribution in [0, 0.1) is 0 Å². The Balaban J connectivity index is 3.24. The Labute approximate surface area is 207 Å². The van der Waals surface area contributed by atoms with Gasteiger partial charge in [-0.05, 0) is 18.9 Å². The van der Waals surface area contributed by atoms with Crippen LogP contribution in [0.25, 0.3) is 0 Å². The molecule has 0 aromatic rings. The molecular weight excluding hydrogens is 472 g/mol. The highest BCUT2D eigenvalue weighted by atomic mass is 35.5. The summed E-state index contributed by atoms with van der Waals surface area (Å²) in [5.74, 6) is 0.717. The molecule has 0 saturated carbocycles. The lowest BCUT2D eigenvalue weighted by molar-refractivity contribution is 0.0276. The van der Waals surface area contributed by atoms with Gasteiger partial charge < -0.3 is 44.2 Å². The quantitative estimate of drug-likeness (QED) is 0.101. The van der Waals surface area contributed by atoms with E-state index in [1.807, 2.05) is 0 Å². The Morgan fingerprint density at radius 1 is 0.647 bits per heavy atom. The van der Waals surface area contributed by atoms with Crippen LogP contribution >= 0.6 is 11.6 Å². The maximum Gasteiger partial charge on any atom is 0.407 e. The lowest BCUT2D eigenvalue weighted by atomic mass is 10.2. The molecule has 0 radical (unpaired) electrons. The third-order valence-corrected chi connectivity index (χ3v) is 4.26. The van der Waals surface area contributed by atoms with Gasteiger partial charge in [-0.3, -0.25) is 0 Å². The zero-order valence-electron chi connectivity index (χ0n) is 20.0. The SMILES string of the molecule is O=C(NCCOCCOCCOC(=O)NCCOCCOCCCCCCCl)OC/C=C/CO. The molecule has 200 valence electrons. The van der Waals surface area contributed by atoms with Gasteiger partial charge in [0.2, 0.25) is 0 Å². The van der Waals surface area contributed by atoms with Gasteiger partial charge in [-0.2, -0.15) is 0 Å². The van der Waals surface area contributed by atoms with E-state index in [4.69, 9.17) is 45.1 Å². The van der Waals surface area contributed by atoms with Gasteiger partial charge in [0.05, 0.1) is 52.9 Å². The highest BCUT2D eigenvalue weighted by Gasteiger charge is 2.02. The van der Waals surface area contributed by atoms with Crippen LogP contribution in [0.3, 0.4) is 0 Å². The second-order valence-corrected chi connectivity index (χ2v) is 7.17. The molecular formula is C22H41ClN2O9. The highest BCUT2D eigenvalue weighted by molar-refractivity contribution is 6.17. The van der Waals surface area contributed by atoms with Crippen LogP contribution in [0.4, 0.5) is 9.59 Å². The standard InChI is InChI=1S/C22H41ClN2O9/c23-7-3-1-2-5-11-29-15-16-30-14-9-25-22(28)34-20-19-32-18-17-31-13-8-24-21(27)33-12-6-4-10-26/h4,6,26H,1-3,5,7-20H2,(H,24,27)(H,25,28)/b6-4+. The Hall–Kier alpha value is -1.63. The van der Waals surface area contributed by atoms with Crippen LogP contribution < -0.4 is 10.6 Å². The molecule has 0 rings (SSSR count). The van der Waals surface area contributed by atoms with E-state index in [0.29, 0.717) is 58.6 Å². The van der Waals surface area contributed by atoms with Crippen LogP contribution in [0.1, 0.15) is 25.7 Å². The summed E-state index contributed by atoms with van der Waals surface area (Å²) in [4.78, 5) is 22.8. The zero-order valence-corrected chi connectivity index (χ0v) is 20.7. The van der Waals surface area contributed by atoms with Crippen LogP contribution in [0.15, 0.2) is 12.2 Å². The van der Waals surface area contributed by atoms with Crippen molar-refractivity contribution >= 4 is 23.8 Å². The average Bonchev–Trinajstić information content (AvgIpc) is 2.83. The number of hydrogen-bond acceptors (Lipinski definition) is 9. The number of alkyl halides is 1. The number of carbonyl (C=O) groups is 2. The van der Waals surface area contributed by atoms with E-state index in [9.17, 15) is 9.59 Å². The Kier molecular flexibility index (Phi) is 26.3. The molecule has 3 N–H and O–H groups in total. The van der Waals surface area contributed by atoms with Crippen molar-refractivity contribution in [1.29, 1.82) is 0 Å². The fourth-order valence-electron chi connectivity index (χ4n) is 2.31. The number of unbranched alkanes of at least 4 members (excludes halogenated alkanes) is 3. The van der Waals surface area contributed by atoms with Crippen molar-refractivity contribution in [1.82, 2.24) is 10.6 Å². The third kappa shape index (κ3) is 26.6. The smallest absolute Gasteiger partial charge is 0.407 e. The normalized spacial score (nSPS) is 11.0. The summed E-state index contributed by atoms with van der Waals surface area (Å²) in [5.41, 5.74) is 0. The van der Waals surface area contributed by atoms with E-state index in [2.05, 4.69) is 10.6 Å². The van der Waals surface area contributed by atoms with Crippen LogP contribution in [-0.4, -0.2) is 109 Å². The van der Waals surface area contributed by atoms with Crippen molar-refractivity contribution in [2.75, 3.05) is 91.6 Å². The van der Waals surface area contributed by atoms with Gasteiger partial charge in [-0.15, -0.1) is 11.6 Å². The molecule has 12 heteroatoms. The second kappa shape index (κ2) is 27.6. The molecule has 34 heavy (non-hydrogen) atoms. The number of nitrogens with one attached hydrogen (secondary N) is 2. The third-order valence-electron chi connectivity index (χ3n) is 3.99. The molecule has 2 amide bonds. The topological polar surface area (TPSA) is 134 Å². The van der Waals surface area contributed by atoms with Gasteiger partial charge in [0.25, 0.3) is 0 Å². The first kappa shape index (κ1) is 32.4. The summed E-state index contributed by atoms with van der Waals surface area (Å²) in [6.07, 6.45) is 6.29. The molecule has 0 aliphatic heterocycles. The number of amides is 2. The minimum Gasteiger partial charge on any atom is -0.447 e. The second-order valence-electron chi connectivity index (χ2n) is 6.79. The summed E-state index contributed by atoms with van der Waals surface area (Å²) in [5, 5.41) is 13.6. The number of aliphatic hydroxyl groups excluding tert-OH is 1. The lowest BCUT2D eigenvalue weighted by Gasteiger charge is -2.09. The lowest BCUT2D eigenvalue weighted by Crippen LogP contribution is -2.29. The van der Waals surface area contributed by atoms with Gasteiger partial charge in [-0.25, -0.2) is 9.59 Å². The summed E-state index contributed by atoms with van der Waals surface area (Å²) in [7, 11) is 0. The number of halogens is 1. The fourth-order valence-corrected chi connectivity index (χ4v) is 2.50. The molecule has 0 aliphatic carbocycles. The maximum atomic E-state index is 11.5. The number of aliphatic hydroxyl groups is 1. The van der Waals surface area contributed by atoms with Crippen molar-refractivity contribution in [2.24, 2.45) is 0 Å². The molecule has 0 unspecified atom stereocenters. The minimum absolute atomic E-state index is 0.0938. The van der Waals surface area contributed by atoms with Gasteiger partial charge in [0.15, 0.2) is 0 Å². The monoisotopic (exact) mass is 512 g/mol. The van der Waals surface area contributed by atoms with Gasteiger partial charge in [0.1, 0.15) is 13.2 Å². The summed E-state index contributed by atoms with van der Waals surface area (Å²) >= 11 is 5.62. The van der Waals surface area contributed by atoms with Crippen LogP contribution in [0.2, 0.25) is 0 Å². The van der Waals surface area contributed by atoms with E-state index in [1.54, 1.807) is 6.08 Å². The molecule has 0 fully saturated rings. The number of rotatable bonds is 24. The first-order valence-electron chi connectivity index (χ1n) is 11.6. The number of carbonyl (C=O) groups excluding carboxylic acids is 2. The summed E-state index contributed by atoms with van der Waals surface area (Å²) in [6, 6.07) is 0. The largest absolute Gasteiger partial charge is 0.447 e. The van der Waals surface area contributed by atoms with Crippen molar-refractivity contribution in [3.63, 3.8) is 0 Å². The van der Waals surface area contributed by atoms with E-state index >= 15 is 0 Å². The van der Waals surface area contributed by atoms with Crippen LogP contribution in [0.5, 0.6) is 0 Å². The molecule has 0 spiro atoms. The van der Waals surface area contributed by atoms with Crippen molar-refractivity contribution in [3.8, 4) is 0 Å². The van der Waals surface area contributed by atoms with Gasteiger partial charge in [0, 0.05) is 25.6 Å². The Morgan fingerprint density at radius 2 is 1.18 bits per heavy atom. The first-order chi connectivity index (χ1) is 16.7. The molecule has 0 atom stereocenters. The van der Waals surface area contributed by atoms with E-state index in [0.717, 1.165) is 32.3 Å². The minimum atomic E-state index is -0.557. The van der Waals surface area contributed by atoms with Crippen molar-refractivity contribution in [3.05, 3.63) is 12.2 Å². The van der Waals surface area contributed by atoms with E-state index < -0.39 is 12.2 Å². The molecule has 0 bridgehead atoms. The molecule has 0 saturated heterocycles.